The van der Waals surface area contributed by atoms with Gasteiger partial charge >= 0.3 is 0 Å². The summed E-state index contributed by atoms with van der Waals surface area (Å²) in [6, 6.07) is 32.2. The van der Waals surface area contributed by atoms with Crippen molar-refractivity contribution >= 4 is 31.8 Å². The maximum Gasteiger partial charge on any atom is -0.0134 e. The molecule has 3 fully saturated rings. The van der Waals surface area contributed by atoms with E-state index in [9.17, 15) is 0 Å². The summed E-state index contributed by atoms with van der Waals surface area (Å²) in [5, 5.41) is 4.37. The fraction of sp³-hybridized carbons (Fsp3) is 0.500. The number of hydrogen-bond donors (Lipinski definition) is 0. The molecule has 2 heteroatoms. The molecule has 0 radical (unpaired) electrons. The van der Waals surface area contributed by atoms with Crippen LogP contribution in [0.25, 0.3) is 0 Å². The van der Waals surface area contributed by atoms with E-state index in [1.54, 1.807) is 31.2 Å². The van der Waals surface area contributed by atoms with Crippen LogP contribution in [0.1, 0.15) is 101 Å². The van der Waals surface area contributed by atoms with E-state index in [-0.39, 0.29) is 7.92 Å². The van der Waals surface area contributed by atoms with E-state index in [0.717, 1.165) is 22.9 Å². The van der Waals surface area contributed by atoms with Crippen LogP contribution in [0.5, 0.6) is 0 Å². The Hall–Kier alpha value is -1.48. The van der Waals surface area contributed by atoms with Gasteiger partial charge in [0.05, 0.1) is 0 Å². The number of benzene rings is 3. The summed E-state index contributed by atoms with van der Waals surface area (Å²) >= 11 is 0. The first-order valence-corrected chi connectivity index (χ1v) is 18.5. The van der Waals surface area contributed by atoms with Crippen LogP contribution in [-0.2, 0) is 0 Å². The van der Waals surface area contributed by atoms with Crippen molar-refractivity contribution in [3.63, 3.8) is 0 Å². The predicted molar refractivity (Wildman–Crippen MR) is 171 cm³/mol. The van der Waals surface area contributed by atoms with Crippen molar-refractivity contribution in [3.05, 3.63) is 90.5 Å². The van der Waals surface area contributed by atoms with Crippen LogP contribution in [0.2, 0.25) is 0 Å². The zero-order valence-electron chi connectivity index (χ0n) is 23.2. The van der Waals surface area contributed by atoms with Gasteiger partial charge in [0.1, 0.15) is 0 Å². The molecule has 3 aliphatic carbocycles. The van der Waals surface area contributed by atoms with Gasteiger partial charge in [0.15, 0.2) is 0 Å². The van der Waals surface area contributed by atoms with Gasteiger partial charge in [-0.05, 0) is 104 Å². The minimum atomic E-state index is -0.504. The van der Waals surface area contributed by atoms with E-state index < -0.39 is 7.92 Å². The lowest BCUT2D eigenvalue weighted by Crippen LogP contribution is -2.29. The minimum Gasteiger partial charge on any atom is -0.0971 e. The molecule has 3 saturated carbocycles. The lowest BCUT2D eigenvalue weighted by Gasteiger charge is -2.45. The van der Waals surface area contributed by atoms with Crippen LogP contribution in [0, 0.1) is 0 Å². The standard InChI is InChI=1S/C36H46P2/c1-5-13-31(14-6-1)37(32-15-7-2-8-16-32)35-25-21-29(22-26-35)30-23-27-36(28-24-30)38(33-17-9-3-10-18-33)34-19-11-4-12-20-34/h1-2,5-8,13-16,21-22,25-26,30,33-34,36H,3-4,9-12,17-20,23-24,27-28H2. The highest BCUT2D eigenvalue weighted by atomic mass is 31.1. The lowest BCUT2D eigenvalue weighted by molar-refractivity contribution is 0.431. The van der Waals surface area contributed by atoms with Gasteiger partial charge in [-0.25, -0.2) is 0 Å². The van der Waals surface area contributed by atoms with Crippen molar-refractivity contribution in [2.24, 2.45) is 0 Å². The third kappa shape index (κ3) is 6.29. The Morgan fingerprint density at radius 3 is 1.29 bits per heavy atom. The van der Waals surface area contributed by atoms with Crippen LogP contribution < -0.4 is 15.9 Å². The topological polar surface area (TPSA) is 0 Å². The van der Waals surface area contributed by atoms with Gasteiger partial charge in [0.25, 0.3) is 0 Å². The Balaban J connectivity index is 1.15. The van der Waals surface area contributed by atoms with Crippen LogP contribution in [0.15, 0.2) is 84.9 Å². The molecule has 0 aliphatic heterocycles. The molecule has 0 amide bonds. The highest BCUT2D eigenvalue weighted by Crippen LogP contribution is 2.62. The average Bonchev–Trinajstić information content (AvgIpc) is 3.00. The fourth-order valence-corrected chi connectivity index (χ4v) is 14.7. The Morgan fingerprint density at radius 2 is 0.816 bits per heavy atom. The quantitative estimate of drug-likeness (QED) is 0.262. The van der Waals surface area contributed by atoms with Crippen molar-refractivity contribution in [2.45, 2.75) is 113 Å². The Kier molecular flexibility index (Phi) is 9.32. The van der Waals surface area contributed by atoms with E-state index in [1.807, 2.05) is 0 Å². The first-order chi connectivity index (χ1) is 18.9. The summed E-state index contributed by atoms with van der Waals surface area (Å²) in [6.07, 6.45) is 21.2. The van der Waals surface area contributed by atoms with Gasteiger partial charge < -0.3 is 0 Å². The molecular formula is C36H46P2. The van der Waals surface area contributed by atoms with Crippen molar-refractivity contribution in [3.8, 4) is 0 Å². The second-order valence-electron chi connectivity index (χ2n) is 12.1. The smallest absolute Gasteiger partial charge is 0.0134 e. The molecule has 0 aromatic heterocycles. The molecule has 0 saturated heterocycles. The van der Waals surface area contributed by atoms with Crippen LogP contribution in [0.3, 0.4) is 0 Å². The number of hydrogen-bond acceptors (Lipinski definition) is 0. The molecule has 0 N–H and O–H groups in total. The first-order valence-electron chi connectivity index (χ1n) is 15.6. The fourth-order valence-electron chi connectivity index (χ4n) is 7.86. The van der Waals surface area contributed by atoms with E-state index in [1.165, 1.54) is 80.1 Å². The van der Waals surface area contributed by atoms with Gasteiger partial charge in [-0.15, -0.1) is 0 Å². The highest BCUT2D eigenvalue weighted by molar-refractivity contribution is 7.79. The predicted octanol–water partition coefficient (Wildman–Crippen LogP) is 9.62. The van der Waals surface area contributed by atoms with Gasteiger partial charge in [-0.3, -0.25) is 0 Å². The summed E-state index contributed by atoms with van der Waals surface area (Å²) in [5.74, 6) is 0.773. The Morgan fingerprint density at radius 1 is 0.395 bits per heavy atom. The van der Waals surface area contributed by atoms with E-state index in [0.29, 0.717) is 0 Å². The maximum atomic E-state index is 2.49. The summed E-state index contributed by atoms with van der Waals surface area (Å²) in [7, 11) is -0.270. The summed E-state index contributed by atoms with van der Waals surface area (Å²) < 4.78 is 0. The zero-order valence-corrected chi connectivity index (χ0v) is 25.0. The van der Waals surface area contributed by atoms with Crippen LogP contribution >= 0.6 is 15.8 Å². The Labute approximate surface area is 234 Å². The second-order valence-corrected chi connectivity index (χ2v) is 17.4. The van der Waals surface area contributed by atoms with Gasteiger partial charge in [0.2, 0.25) is 0 Å². The van der Waals surface area contributed by atoms with Crippen LogP contribution in [-0.4, -0.2) is 17.0 Å². The van der Waals surface area contributed by atoms with Crippen LogP contribution in [0.4, 0.5) is 0 Å². The number of rotatable bonds is 7. The molecule has 38 heavy (non-hydrogen) atoms. The molecule has 0 spiro atoms. The molecule has 3 aromatic rings. The largest absolute Gasteiger partial charge is 0.0971 e. The highest BCUT2D eigenvalue weighted by Gasteiger charge is 2.38. The zero-order chi connectivity index (χ0) is 25.6. The molecule has 0 unspecified atom stereocenters. The summed E-state index contributed by atoms with van der Waals surface area (Å²) in [5.41, 5.74) is 4.88. The van der Waals surface area contributed by atoms with Crippen molar-refractivity contribution < 1.29 is 0 Å². The monoisotopic (exact) mass is 540 g/mol. The van der Waals surface area contributed by atoms with Crippen molar-refractivity contribution in [1.29, 1.82) is 0 Å². The molecule has 0 atom stereocenters. The molecule has 6 rings (SSSR count). The van der Waals surface area contributed by atoms with Gasteiger partial charge in [-0.1, -0.05) is 131 Å². The molecule has 200 valence electrons. The third-order valence-electron chi connectivity index (χ3n) is 9.76. The molecule has 0 nitrogen and oxygen atoms in total. The van der Waals surface area contributed by atoms with E-state index in [2.05, 4.69) is 84.9 Å². The molecule has 0 heterocycles. The van der Waals surface area contributed by atoms with E-state index in [4.69, 9.17) is 0 Å². The van der Waals surface area contributed by atoms with Gasteiger partial charge in [0, 0.05) is 0 Å². The van der Waals surface area contributed by atoms with E-state index >= 15 is 0 Å². The Bertz CT molecular complexity index is 1030. The molecule has 0 bridgehead atoms. The van der Waals surface area contributed by atoms with Crippen molar-refractivity contribution in [1.82, 2.24) is 0 Å². The maximum absolute atomic E-state index is 2.49. The van der Waals surface area contributed by atoms with Crippen molar-refractivity contribution in [2.75, 3.05) is 0 Å². The molecule has 3 aliphatic rings. The van der Waals surface area contributed by atoms with Gasteiger partial charge in [-0.2, -0.15) is 0 Å². The molecule has 3 aromatic carbocycles. The minimum absolute atomic E-state index is 0.234. The summed E-state index contributed by atoms with van der Waals surface area (Å²) in [6.45, 7) is 0. The lowest BCUT2D eigenvalue weighted by atomic mass is 9.84. The second kappa shape index (κ2) is 13.2. The SMILES string of the molecule is c1ccc(P(c2ccccc2)c2ccc(C3CCC(P(C4CCCCC4)C4CCCCC4)CC3)cc2)cc1. The summed E-state index contributed by atoms with van der Waals surface area (Å²) in [4.78, 5) is 0. The first kappa shape index (κ1) is 26.7. The normalized spacial score (nSPS) is 23.6. The third-order valence-corrected chi connectivity index (χ3v) is 16.3. The average molecular weight is 541 g/mol. The molecular weight excluding hydrogens is 494 g/mol.